The highest BCUT2D eigenvalue weighted by molar-refractivity contribution is 9.10. The van der Waals surface area contributed by atoms with Gasteiger partial charge >= 0.3 is 0 Å². The van der Waals surface area contributed by atoms with Gasteiger partial charge in [0.2, 0.25) is 0 Å². The van der Waals surface area contributed by atoms with Gasteiger partial charge in [0.1, 0.15) is 0 Å². The van der Waals surface area contributed by atoms with Gasteiger partial charge in [0.25, 0.3) is 0 Å². The first-order chi connectivity index (χ1) is 9.01. The quantitative estimate of drug-likeness (QED) is 0.568. The van der Waals surface area contributed by atoms with E-state index in [-0.39, 0.29) is 16.9 Å². The predicted octanol–water partition coefficient (Wildman–Crippen LogP) is 2.63. The van der Waals surface area contributed by atoms with Crippen molar-refractivity contribution in [2.75, 3.05) is 0 Å². The molecule has 0 aliphatic rings. The molecule has 0 atom stereocenters. The lowest BCUT2D eigenvalue weighted by Gasteiger charge is -2.33. The van der Waals surface area contributed by atoms with Gasteiger partial charge in [-0.05, 0) is 42.9 Å². The van der Waals surface area contributed by atoms with Crippen LogP contribution >= 0.6 is 15.9 Å². The third-order valence-electron chi connectivity index (χ3n) is 3.10. The van der Waals surface area contributed by atoms with E-state index in [1.54, 1.807) is 0 Å². The molecule has 112 valence electrons. The molecule has 1 aromatic rings. The lowest BCUT2D eigenvalue weighted by molar-refractivity contribution is 0.349. The van der Waals surface area contributed by atoms with Gasteiger partial charge in [0.15, 0.2) is 5.96 Å². The van der Waals surface area contributed by atoms with Crippen molar-refractivity contribution >= 4 is 21.9 Å². The standard InChI is InChI=1S/C15H25BrN4/c1-14(2,9-15(3,4)19)11-6-5-10(7-12(11)16)8-20-13(17)18/h5-7H,8-9,19H2,1-4H3,(H4,17,18,20). The molecule has 0 heterocycles. The fourth-order valence-electron chi connectivity index (χ4n) is 2.62. The highest BCUT2D eigenvalue weighted by atomic mass is 79.9. The number of hydrogen-bond donors (Lipinski definition) is 3. The summed E-state index contributed by atoms with van der Waals surface area (Å²) in [5, 5.41) is 0. The molecule has 0 saturated carbocycles. The Morgan fingerprint density at radius 3 is 2.25 bits per heavy atom. The second-order valence-electron chi connectivity index (χ2n) is 6.60. The van der Waals surface area contributed by atoms with Crippen molar-refractivity contribution in [3.8, 4) is 0 Å². The van der Waals surface area contributed by atoms with E-state index in [9.17, 15) is 0 Å². The first-order valence-electron chi connectivity index (χ1n) is 6.64. The molecule has 20 heavy (non-hydrogen) atoms. The summed E-state index contributed by atoms with van der Waals surface area (Å²) in [6, 6.07) is 6.23. The van der Waals surface area contributed by atoms with Crippen LogP contribution in [-0.4, -0.2) is 11.5 Å². The minimum absolute atomic E-state index is 0.00816. The minimum atomic E-state index is -0.208. The van der Waals surface area contributed by atoms with Crippen molar-refractivity contribution in [2.45, 2.75) is 51.6 Å². The fraction of sp³-hybridized carbons (Fsp3) is 0.533. The molecule has 0 spiro atoms. The van der Waals surface area contributed by atoms with E-state index >= 15 is 0 Å². The Kier molecular flexibility index (Phi) is 5.21. The third kappa shape index (κ3) is 5.13. The number of rotatable bonds is 5. The Bertz CT molecular complexity index is 497. The summed E-state index contributed by atoms with van der Waals surface area (Å²) in [5.74, 6) is 0.107. The molecule has 0 radical (unpaired) electrons. The molecule has 0 saturated heterocycles. The Hall–Kier alpha value is -1.07. The van der Waals surface area contributed by atoms with Crippen LogP contribution in [0.2, 0.25) is 0 Å². The average molecular weight is 341 g/mol. The smallest absolute Gasteiger partial charge is 0.186 e. The van der Waals surface area contributed by atoms with E-state index in [4.69, 9.17) is 17.2 Å². The van der Waals surface area contributed by atoms with Crippen LogP contribution in [0.25, 0.3) is 0 Å². The van der Waals surface area contributed by atoms with Crippen molar-refractivity contribution in [3.05, 3.63) is 33.8 Å². The van der Waals surface area contributed by atoms with Gasteiger partial charge in [-0.2, -0.15) is 0 Å². The topological polar surface area (TPSA) is 90.4 Å². The van der Waals surface area contributed by atoms with E-state index in [0.717, 1.165) is 16.5 Å². The maximum Gasteiger partial charge on any atom is 0.186 e. The van der Waals surface area contributed by atoms with Crippen LogP contribution in [0, 0.1) is 0 Å². The number of benzene rings is 1. The van der Waals surface area contributed by atoms with Crippen LogP contribution in [0.5, 0.6) is 0 Å². The number of nitrogens with zero attached hydrogens (tertiary/aromatic N) is 1. The largest absolute Gasteiger partial charge is 0.370 e. The van der Waals surface area contributed by atoms with Crippen LogP contribution in [0.15, 0.2) is 27.7 Å². The molecular formula is C15H25BrN4. The van der Waals surface area contributed by atoms with E-state index in [2.05, 4.69) is 66.8 Å². The van der Waals surface area contributed by atoms with Crippen molar-refractivity contribution < 1.29 is 0 Å². The number of hydrogen-bond acceptors (Lipinski definition) is 2. The summed E-state index contributed by atoms with van der Waals surface area (Å²) in [6.07, 6.45) is 0.895. The monoisotopic (exact) mass is 340 g/mol. The molecular weight excluding hydrogens is 316 g/mol. The fourth-order valence-corrected chi connectivity index (χ4v) is 3.59. The van der Waals surface area contributed by atoms with Crippen LogP contribution in [0.4, 0.5) is 0 Å². The predicted molar refractivity (Wildman–Crippen MR) is 89.6 cm³/mol. The molecule has 1 aromatic carbocycles. The summed E-state index contributed by atoms with van der Waals surface area (Å²) in [7, 11) is 0. The van der Waals surface area contributed by atoms with E-state index in [1.807, 2.05) is 0 Å². The third-order valence-corrected chi connectivity index (χ3v) is 3.76. The lowest BCUT2D eigenvalue weighted by Crippen LogP contribution is -2.39. The summed E-state index contributed by atoms with van der Waals surface area (Å²) in [6.45, 7) is 9.00. The average Bonchev–Trinajstić information content (AvgIpc) is 2.22. The Morgan fingerprint density at radius 1 is 1.20 bits per heavy atom. The highest BCUT2D eigenvalue weighted by Crippen LogP contribution is 2.36. The Morgan fingerprint density at radius 2 is 1.80 bits per heavy atom. The summed E-state index contributed by atoms with van der Waals surface area (Å²) in [5.41, 5.74) is 18.9. The van der Waals surface area contributed by atoms with Crippen LogP contribution in [-0.2, 0) is 12.0 Å². The molecule has 0 aliphatic carbocycles. The number of halogens is 1. The van der Waals surface area contributed by atoms with Gasteiger partial charge in [-0.25, -0.2) is 4.99 Å². The molecule has 0 aliphatic heterocycles. The summed E-state index contributed by atoms with van der Waals surface area (Å²) >= 11 is 3.65. The van der Waals surface area contributed by atoms with Crippen molar-refractivity contribution in [1.29, 1.82) is 0 Å². The minimum Gasteiger partial charge on any atom is -0.370 e. The maximum atomic E-state index is 6.16. The van der Waals surface area contributed by atoms with E-state index in [0.29, 0.717) is 6.54 Å². The van der Waals surface area contributed by atoms with Crippen molar-refractivity contribution in [1.82, 2.24) is 0 Å². The Labute approximate surface area is 129 Å². The number of guanidine groups is 1. The summed E-state index contributed by atoms with van der Waals surface area (Å²) in [4.78, 5) is 4.02. The van der Waals surface area contributed by atoms with Crippen LogP contribution in [0.3, 0.4) is 0 Å². The van der Waals surface area contributed by atoms with E-state index in [1.165, 1.54) is 5.56 Å². The zero-order valence-corrected chi connectivity index (χ0v) is 14.3. The number of nitrogens with two attached hydrogens (primary N) is 3. The van der Waals surface area contributed by atoms with Gasteiger partial charge < -0.3 is 17.2 Å². The van der Waals surface area contributed by atoms with Gasteiger partial charge in [-0.1, -0.05) is 41.9 Å². The van der Waals surface area contributed by atoms with Gasteiger partial charge in [0, 0.05) is 10.0 Å². The molecule has 5 heteroatoms. The molecule has 0 aromatic heterocycles. The highest BCUT2D eigenvalue weighted by Gasteiger charge is 2.29. The second kappa shape index (κ2) is 6.14. The molecule has 0 bridgehead atoms. The molecule has 4 nitrogen and oxygen atoms in total. The van der Waals surface area contributed by atoms with Crippen LogP contribution < -0.4 is 17.2 Å². The second-order valence-corrected chi connectivity index (χ2v) is 7.46. The molecule has 1 rings (SSSR count). The molecule has 0 fully saturated rings. The molecule has 0 amide bonds. The van der Waals surface area contributed by atoms with Gasteiger partial charge in [-0.3, -0.25) is 0 Å². The summed E-state index contributed by atoms with van der Waals surface area (Å²) < 4.78 is 1.06. The van der Waals surface area contributed by atoms with Gasteiger partial charge in [0.05, 0.1) is 6.54 Å². The van der Waals surface area contributed by atoms with Crippen molar-refractivity contribution in [2.24, 2.45) is 22.2 Å². The van der Waals surface area contributed by atoms with E-state index < -0.39 is 0 Å². The zero-order valence-electron chi connectivity index (χ0n) is 12.7. The molecule has 6 N–H and O–H groups in total. The SMILES string of the molecule is CC(C)(N)CC(C)(C)c1ccc(CN=C(N)N)cc1Br. The van der Waals surface area contributed by atoms with Crippen molar-refractivity contribution in [3.63, 3.8) is 0 Å². The molecule has 0 unspecified atom stereocenters. The first-order valence-corrected chi connectivity index (χ1v) is 7.44. The normalized spacial score (nSPS) is 12.3. The lowest BCUT2D eigenvalue weighted by atomic mass is 9.75. The van der Waals surface area contributed by atoms with Crippen LogP contribution in [0.1, 0.15) is 45.2 Å². The first kappa shape index (κ1) is 17.0. The Balaban J connectivity index is 3.01. The van der Waals surface area contributed by atoms with Gasteiger partial charge in [-0.15, -0.1) is 0 Å². The zero-order chi connectivity index (χ0) is 15.6. The maximum absolute atomic E-state index is 6.16. The number of aliphatic imine (C=N–C) groups is 1.